The zero-order valence-electron chi connectivity index (χ0n) is 14.0. The molecule has 126 valence electrons. The van der Waals surface area contributed by atoms with Gasteiger partial charge >= 0.3 is 0 Å². The predicted molar refractivity (Wildman–Crippen MR) is 102 cm³/mol. The van der Waals surface area contributed by atoms with Crippen LogP contribution in [0.25, 0.3) is 11.1 Å². The van der Waals surface area contributed by atoms with Crippen molar-refractivity contribution in [2.75, 3.05) is 5.32 Å². The van der Waals surface area contributed by atoms with E-state index in [1.807, 2.05) is 62.4 Å². The van der Waals surface area contributed by atoms with Gasteiger partial charge < -0.3 is 11.1 Å². The van der Waals surface area contributed by atoms with Gasteiger partial charge in [-0.2, -0.15) is 0 Å². The molecule has 0 atom stereocenters. The predicted octanol–water partition coefficient (Wildman–Crippen LogP) is 4.38. The van der Waals surface area contributed by atoms with Crippen molar-refractivity contribution in [3.05, 3.63) is 76.2 Å². The van der Waals surface area contributed by atoms with Crippen LogP contribution in [0.2, 0.25) is 0 Å². The zero-order chi connectivity index (χ0) is 18.0. The quantitative estimate of drug-likeness (QED) is 0.733. The molecule has 3 N–H and O–H groups in total. The summed E-state index contributed by atoms with van der Waals surface area (Å²) < 4.78 is 0. The Bertz CT molecular complexity index is 946. The fourth-order valence-corrected chi connectivity index (χ4v) is 3.89. The molecule has 5 heteroatoms. The molecule has 0 radical (unpaired) electrons. The van der Waals surface area contributed by atoms with E-state index in [0.29, 0.717) is 16.1 Å². The van der Waals surface area contributed by atoms with Crippen LogP contribution in [0.4, 0.5) is 5.00 Å². The van der Waals surface area contributed by atoms with Crippen molar-refractivity contribution in [1.82, 2.24) is 0 Å². The Morgan fingerprint density at radius 3 is 2.24 bits per heavy atom. The number of nitrogens with two attached hydrogens (primary N) is 1. The van der Waals surface area contributed by atoms with Crippen LogP contribution >= 0.6 is 11.3 Å². The smallest absolute Gasteiger partial charge is 0.256 e. The van der Waals surface area contributed by atoms with Gasteiger partial charge in [0.15, 0.2) is 0 Å². The van der Waals surface area contributed by atoms with Gasteiger partial charge in [-0.25, -0.2) is 0 Å². The van der Waals surface area contributed by atoms with Gasteiger partial charge in [-0.15, -0.1) is 11.3 Å². The molecule has 25 heavy (non-hydrogen) atoms. The van der Waals surface area contributed by atoms with Crippen LogP contribution in [0.3, 0.4) is 0 Å². The standard InChI is InChI=1S/C20H18N2O2S/c1-12-8-6-7-11-15(12)19(24)22-20-17(18(21)23)16(13(2)25-20)14-9-4-3-5-10-14/h3-11H,1-2H3,(H2,21,23)(H,22,24). The van der Waals surface area contributed by atoms with Crippen molar-refractivity contribution in [2.24, 2.45) is 5.73 Å². The first-order valence-corrected chi connectivity index (χ1v) is 8.66. The molecule has 3 rings (SSSR count). The number of aryl methyl sites for hydroxylation is 2. The minimum absolute atomic E-state index is 0.249. The monoisotopic (exact) mass is 350 g/mol. The largest absolute Gasteiger partial charge is 0.365 e. The molecule has 0 aliphatic heterocycles. The van der Waals surface area contributed by atoms with Crippen molar-refractivity contribution in [3.63, 3.8) is 0 Å². The molecule has 0 spiro atoms. The number of nitrogens with one attached hydrogen (secondary N) is 1. The Kier molecular flexibility index (Phi) is 4.67. The summed E-state index contributed by atoms with van der Waals surface area (Å²) in [5, 5.41) is 3.34. The summed E-state index contributed by atoms with van der Waals surface area (Å²) in [6, 6.07) is 16.9. The van der Waals surface area contributed by atoms with Crippen molar-refractivity contribution >= 4 is 28.2 Å². The minimum Gasteiger partial charge on any atom is -0.365 e. The number of carbonyl (C=O) groups excluding carboxylic acids is 2. The minimum atomic E-state index is -0.553. The number of anilines is 1. The normalized spacial score (nSPS) is 10.5. The first-order valence-electron chi connectivity index (χ1n) is 7.84. The van der Waals surface area contributed by atoms with Gasteiger partial charge in [-0.1, -0.05) is 48.5 Å². The van der Waals surface area contributed by atoms with Crippen molar-refractivity contribution in [2.45, 2.75) is 13.8 Å². The number of rotatable bonds is 4. The first kappa shape index (κ1) is 16.9. The molecule has 0 saturated heterocycles. The molecule has 1 aromatic heterocycles. The number of hydrogen-bond donors (Lipinski definition) is 2. The van der Waals surface area contributed by atoms with Crippen LogP contribution in [0.15, 0.2) is 54.6 Å². The Labute approximate surface area is 150 Å². The topological polar surface area (TPSA) is 72.2 Å². The van der Waals surface area contributed by atoms with Crippen molar-refractivity contribution < 1.29 is 9.59 Å². The number of amides is 2. The lowest BCUT2D eigenvalue weighted by molar-refractivity contribution is 0.100. The summed E-state index contributed by atoms with van der Waals surface area (Å²) in [7, 11) is 0. The van der Waals surface area contributed by atoms with E-state index in [4.69, 9.17) is 5.73 Å². The third-order valence-corrected chi connectivity index (χ3v) is 5.03. The Balaban J connectivity index is 2.05. The molecule has 0 unspecified atom stereocenters. The molecule has 3 aromatic rings. The van der Waals surface area contributed by atoms with E-state index in [0.717, 1.165) is 21.6 Å². The molecule has 0 aliphatic carbocycles. The average Bonchev–Trinajstić information content (AvgIpc) is 2.92. The SMILES string of the molecule is Cc1ccccc1C(=O)Nc1sc(C)c(-c2ccccc2)c1C(N)=O. The van der Waals surface area contributed by atoms with Crippen LogP contribution in [-0.4, -0.2) is 11.8 Å². The second-order valence-corrected chi connectivity index (χ2v) is 6.96. The van der Waals surface area contributed by atoms with Crippen LogP contribution in [0, 0.1) is 13.8 Å². The molecule has 0 aliphatic rings. The fraction of sp³-hybridized carbons (Fsp3) is 0.100. The Hall–Kier alpha value is -2.92. The molecule has 2 aromatic carbocycles. The van der Waals surface area contributed by atoms with E-state index in [-0.39, 0.29) is 5.91 Å². The van der Waals surface area contributed by atoms with Gasteiger partial charge in [0, 0.05) is 16.0 Å². The van der Waals surface area contributed by atoms with Gasteiger partial charge in [-0.3, -0.25) is 9.59 Å². The van der Waals surface area contributed by atoms with Crippen LogP contribution in [-0.2, 0) is 0 Å². The maximum Gasteiger partial charge on any atom is 0.256 e. The van der Waals surface area contributed by atoms with Gasteiger partial charge in [0.2, 0.25) is 0 Å². The van der Waals surface area contributed by atoms with Crippen LogP contribution in [0.1, 0.15) is 31.2 Å². The highest BCUT2D eigenvalue weighted by Gasteiger charge is 2.23. The zero-order valence-corrected chi connectivity index (χ0v) is 14.8. The lowest BCUT2D eigenvalue weighted by Gasteiger charge is -2.08. The molecule has 0 bridgehead atoms. The third kappa shape index (κ3) is 3.32. The van der Waals surface area contributed by atoms with Crippen molar-refractivity contribution in [3.8, 4) is 11.1 Å². The lowest BCUT2D eigenvalue weighted by atomic mass is 10.0. The van der Waals surface area contributed by atoms with E-state index in [1.54, 1.807) is 6.07 Å². The molecule has 1 heterocycles. The van der Waals surface area contributed by atoms with E-state index >= 15 is 0 Å². The lowest BCUT2D eigenvalue weighted by Crippen LogP contribution is -2.18. The second kappa shape index (κ2) is 6.91. The highest BCUT2D eigenvalue weighted by atomic mass is 32.1. The fourth-order valence-electron chi connectivity index (χ4n) is 2.82. The van der Waals surface area contributed by atoms with E-state index < -0.39 is 5.91 Å². The highest BCUT2D eigenvalue weighted by Crippen LogP contribution is 2.39. The Morgan fingerprint density at radius 1 is 0.960 bits per heavy atom. The third-order valence-electron chi connectivity index (χ3n) is 4.01. The second-order valence-electron chi connectivity index (χ2n) is 5.74. The first-order chi connectivity index (χ1) is 12.0. The van der Waals surface area contributed by atoms with Crippen LogP contribution < -0.4 is 11.1 Å². The molecular weight excluding hydrogens is 332 g/mol. The average molecular weight is 350 g/mol. The molecule has 0 fully saturated rings. The maximum atomic E-state index is 12.6. The number of hydrogen-bond acceptors (Lipinski definition) is 3. The summed E-state index contributed by atoms with van der Waals surface area (Å²) in [5.41, 5.74) is 9.11. The van der Waals surface area contributed by atoms with Gasteiger partial charge in [0.05, 0.1) is 5.56 Å². The molecule has 4 nitrogen and oxygen atoms in total. The van der Waals surface area contributed by atoms with Gasteiger partial charge in [0.1, 0.15) is 5.00 Å². The van der Waals surface area contributed by atoms with Gasteiger partial charge in [-0.05, 0) is 31.0 Å². The number of primary amides is 1. The molecular formula is C20H18N2O2S. The summed E-state index contributed by atoms with van der Waals surface area (Å²) in [5.74, 6) is -0.801. The van der Waals surface area contributed by atoms with Gasteiger partial charge in [0.25, 0.3) is 11.8 Å². The summed E-state index contributed by atoms with van der Waals surface area (Å²) in [4.78, 5) is 25.6. The molecule has 0 saturated carbocycles. The van der Waals surface area contributed by atoms with E-state index in [2.05, 4.69) is 5.32 Å². The van der Waals surface area contributed by atoms with E-state index in [9.17, 15) is 9.59 Å². The summed E-state index contributed by atoms with van der Waals surface area (Å²) in [6.45, 7) is 3.79. The number of thiophene rings is 1. The number of benzene rings is 2. The van der Waals surface area contributed by atoms with Crippen LogP contribution in [0.5, 0.6) is 0 Å². The Morgan fingerprint density at radius 2 is 1.60 bits per heavy atom. The maximum absolute atomic E-state index is 12.6. The van der Waals surface area contributed by atoms with Crippen molar-refractivity contribution in [1.29, 1.82) is 0 Å². The summed E-state index contributed by atoms with van der Waals surface area (Å²) >= 11 is 1.36. The number of carbonyl (C=O) groups is 2. The molecule has 2 amide bonds. The van der Waals surface area contributed by atoms with E-state index in [1.165, 1.54) is 11.3 Å². The highest BCUT2D eigenvalue weighted by molar-refractivity contribution is 7.17. The summed E-state index contributed by atoms with van der Waals surface area (Å²) in [6.07, 6.45) is 0.